The average Bonchev–Trinajstić information content (AvgIpc) is 2.73. The first-order valence-electron chi connectivity index (χ1n) is 9.18. The van der Waals surface area contributed by atoms with Gasteiger partial charge in [-0.3, -0.25) is 9.78 Å². The molecule has 1 aliphatic rings. The minimum absolute atomic E-state index is 0.0976. The molecule has 9 heteroatoms. The van der Waals surface area contributed by atoms with E-state index in [-0.39, 0.29) is 12.5 Å². The van der Waals surface area contributed by atoms with Crippen LogP contribution in [0.1, 0.15) is 11.5 Å². The fraction of sp³-hybridized carbons (Fsp3) is 0.150. The van der Waals surface area contributed by atoms with E-state index in [2.05, 4.69) is 15.6 Å². The summed E-state index contributed by atoms with van der Waals surface area (Å²) in [5.74, 6) is -0.855. The summed E-state index contributed by atoms with van der Waals surface area (Å²) in [7, 11) is 0.409. The number of nitrogens with two attached hydrogens (primary N) is 1. The topological polar surface area (TPSA) is 121 Å². The summed E-state index contributed by atoms with van der Waals surface area (Å²) in [6.07, 6.45) is 3.46. The molecule has 2 aromatic carbocycles. The van der Waals surface area contributed by atoms with E-state index in [9.17, 15) is 14.6 Å². The molecule has 1 unspecified atom stereocenters. The highest BCUT2D eigenvalue weighted by Gasteiger charge is 2.34. The number of urea groups is 1. The number of amides is 3. The molecule has 5 N–H and O–H groups in total. The molecule has 0 aliphatic carbocycles. The van der Waals surface area contributed by atoms with E-state index in [0.29, 0.717) is 22.4 Å². The van der Waals surface area contributed by atoms with Crippen LogP contribution in [0.15, 0.2) is 54.9 Å². The van der Waals surface area contributed by atoms with Gasteiger partial charge in [-0.25, -0.2) is 4.79 Å². The quantitative estimate of drug-likeness (QED) is 0.498. The van der Waals surface area contributed by atoms with Gasteiger partial charge in [-0.2, -0.15) is 0 Å². The molecule has 8 nitrogen and oxygen atoms in total. The Morgan fingerprint density at radius 3 is 2.90 bits per heavy atom. The number of rotatable bonds is 4. The van der Waals surface area contributed by atoms with Gasteiger partial charge in [0.2, 0.25) is 5.91 Å². The van der Waals surface area contributed by atoms with Crippen molar-refractivity contribution in [1.82, 2.24) is 9.79 Å². The predicted molar refractivity (Wildman–Crippen MR) is 113 cm³/mol. The van der Waals surface area contributed by atoms with Crippen LogP contribution in [0.2, 0.25) is 0 Å². The van der Waals surface area contributed by atoms with Crippen molar-refractivity contribution in [2.24, 2.45) is 5.73 Å². The molecule has 0 bridgehead atoms. The van der Waals surface area contributed by atoms with Gasteiger partial charge in [0, 0.05) is 42.7 Å². The largest absolute Gasteiger partial charge is 0.454 e. The van der Waals surface area contributed by atoms with Crippen molar-refractivity contribution in [3.05, 3.63) is 60.4 Å². The molecular formula is C20H20BN5O3. The number of carbonyl (C=O) groups excluding carboxylic acids is 2. The Bertz CT molecular complexity index is 1110. The van der Waals surface area contributed by atoms with Crippen molar-refractivity contribution in [2.45, 2.75) is 5.92 Å². The number of anilines is 2. The summed E-state index contributed by atoms with van der Waals surface area (Å²) in [4.78, 5) is 30.0. The summed E-state index contributed by atoms with van der Waals surface area (Å²) in [6, 6.07) is 12.2. The number of carbonyl (C=O) groups is 2. The number of fused-ring (bicyclic) bond motifs is 2. The highest BCUT2D eigenvalue weighted by molar-refractivity contribution is 6.69. The zero-order valence-electron chi connectivity index (χ0n) is 15.8. The molecule has 1 aliphatic heterocycles. The van der Waals surface area contributed by atoms with Gasteiger partial charge in [-0.05, 0) is 40.7 Å². The fourth-order valence-corrected chi connectivity index (χ4v) is 3.43. The van der Waals surface area contributed by atoms with Crippen molar-refractivity contribution >= 4 is 46.6 Å². The van der Waals surface area contributed by atoms with Crippen molar-refractivity contribution in [1.29, 1.82) is 0 Å². The van der Waals surface area contributed by atoms with Gasteiger partial charge in [0.05, 0.1) is 5.92 Å². The second-order valence-electron chi connectivity index (χ2n) is 6.98. The fourth-order valence-electron chi connectivity index (χ4n) is 3.43. The second-order valence-corrected chi connectivity index (χ2v) is 6.98. The van der Waals surface area contributed by atoms with Gasteiger partial charge in [-0.1, -0.05) is 18.2 Å². The summed E-state index contributed by atoms with van der Waals surface area (Å²) in [5, 5.41) is 17.9. The maximum atomic E-state index is 12.9. The molecule has 3 amide bonds. The lowest BCUT2D eigenvalue weighted by atomic mass is 9.69. The molecule has 0 saturated heterocycles. The van der Waals surface area contributed by atoms with Crippen LogP contribution in [0.4, 0.5) is 16.2 Å². The van der Waals surface area contributed by atoms with Crippen LogP contribution < -0.4 is 21.8 Å². The van der Waals surface area contributed by atoms with E-state index < -0.39 is 19.0 Å². The molecule has 3 aromatic rings. The van der Waals surface area contributed by atoms with Crippen molar-refractivity contribution in [3.63, 3.8) is 0 Å². The number of nitrogens with one attached hydrogen (secondary N) is 2. The molecule has 2 heterocycles. The lowest BCUT2D eigenvalue weighted by molar-refractivity contribution is -0.117. The number of nitrogens with zero attached hydrogens (tertiary/aromatic N) is 2. The molecule has 0 radical (unpaired) electrons. The molecule has 146 valence electrons. The summed E-state index contributed by atoms with van der Waals surface area (Å²) in [6.45, 7) is 0.0976. The summed E-state index contributed by atoms with van der Waals surface area (Å²) < 4.78 is 0. The highest BCUT2D eigenvalue weighted by atomic mass is 16.2. The molecule has 0 fully saturated rings. The molecule has 1 aromatic heterocycles. The first-order chi connectivity index (χ1) is 14.0. The summed E-state index contributed by atoms with van der Waals surface area (Å²) in [5.41, 5.74) is 8.27. The van der Waals surface area contributed by atoms with Gasteiger partial charge < -0.3 is 26.2 Å². The molecular weight excluding hydrogens is 369 g/mol. The minimum Gasteiger partial charge on any atom is -0.428 e. The maximum absolute atomic E-state index is 12.9. The zero-order chi connectivity index (χ0) is 20.5. The number of aromatic nitrogens is 1. The average molecular weight is 389 g/mol. The van der Waals surface area contributed by atoms with E-state index >= 15 is 0 Å². The van der Waals surface area contributed by atoms with Crippen LogP contribution in [0.3, 0.4) is 0 Å². The highest BCUT2D eigenvalue weighted by Crippen LogP contribution is 2.23. The second kappa shape index (κ2) is 7.54. The Hall–Kier alpha value is -3.43. The van der Waals surface area contributed by atoms with Gasteiger partial charge in [-0.15, -0.1) is 0 Å². The molecule has 1 atom stereocenters. The van der Waals surface area contributed by atoms with Crippen LogP contribution >= 0.6 is 0 Å². The smallest absolute Gasteiger partial charge is 0.428 e. The van der Waals surface area contributed by atoms with Crippen molar-refractivity contribution in [3.8, 4) is 0 Å². The van der Waals surface area contributed by atoms with Gasteiger partial charge >= 0.3 is 13.1 Å². The Morgan fingerprint density at radius 1 is 1.28 bits per heavy atom. The van der Waals surface area contributed by atoms with Crippen LogP contribution in [-0.4, -0.2) is 47.4 Å². The number of hydrogen-bond donors (Lipinski definition) is 4. The van der Waals surface area contributed by atoms with E-state index in [1.54, 1.807) is 30.6 Å². The number of pyridine rings is 1. The van der Waals surface area contributed by atoms with Crippen LogP contribution in [0.5, 0.6) is 0 Å². The molecule has 0 spiro atoms. The van der Waals surface area contributed by atoms with Gasteiger partial charge in [0.1, 0.15) is 0 Å². The van der Waals surface area contributed by atoms with Crippen molar-refractivity contribution < 1.29 is 14.6 Å². The standard InChI is InChI=1S/C20H20BN5O3/c1-26-20(28)25-18-5-3-13(9-17(18)21(26)29)16(10-22)19(27)24-15-4-2-14-11-23-7-6-12(14)8-15/h2-9,11,16,29H,10,22H2,1H3,(H,24,27)(H,25,28). The van der Waals surface area contributed by atoms with Crippen LogP contribution in [-0.2, 0) is 4.79 Å². The van der Waals surface area contributed by atoms with Crippen LogP contribution in [0, 0.1) is 0 Å². The van der Waals surface area contributed by atoms with Crippen molar-refractivity contribution in [2.75, 3.05) is 24.2 Å². The minimum atomic E-state index is -1.09. The molecule has 4 rings (SSSR count). The Balaban J connectivity index is 1.59. The van der Waals surface area contributed by atoms with Crippen LogP contribution in [0.25, 0.3) is 10.8 Å². The molecule has 29 heavy (non-hydrogen) atoms. The van der Waals surface area contributed by atoms with E-state index in [0.717, 1.165) is 10.8 Å². The third-order valence-electron chi connectivity index (χ3n) is 5.15. The monoisotopic (exact) mass is 389 g/mol. The SMILES string of the molecule is CN1B(O)c2cc(C(CN)C(=O)Nc3ccc4cnccc4c3)ccc2NC1=O. The lowest BCUT2D eigenvalue weighted by Gasteiger charge is -2.29. The van der Waals surface area contributed by atoms with E-state index in [4.69, 9.17) is 5.73 Å². The molecule has 0 saturated carbocycles. The van der Waals surface area contributed by atoms with E-state index in [1.165, 1.54) is 11.9 Å². The maximum Gasteiger partial charge on any atom is 0.454 e. The Morgan fingerprint density at radius 2 is 2.10 bits per heavy atom. The van der Waals surface area contributed by atoms with Gasteiger partial charge in [0.25, 0.3) is 0 Å². The Kier molecular flexibility index (Phi) is 4.91. The Labute approximate surface area is 167 Å². The normalized spacial score (nSPS) is 14.4. The van der Waals surface area contributed by atoms with E-state index in [1.807, 2.05) is 24.3 Å². The third kappa shape index (κ3) is 3.53. The third-order valence-corrected chi connectivity index (χ3v) is 5.15. The lowest BCUT2D eigenvalue weighted by Crippen LogP contribution is -2.56. The van der Waals surface area contributed by atoms with Gasteiger partial charge in [0.15, 0.2) is 0 Å². The number of hydrogen-bond acceptors (Lipinski definition) is 5. The zero-order valence-corrected chi connectivity index (χ0v) is 15.8. The first-order valence-corrected chi connectivity index (χ1v) is 9.18. The number of benzene rings is 2. The summed E-state index contributed by atoms with van der Waals surface area (Å²) >= 11 is 0. The first kappa shape index (κ1) is 18.9. The predicted octanol–water partition coefficient (Wildman–Crippen LogP) is 1.08.